The van der Waals surface area contributed by atoms with Gasteiger partial charge in [-0.25, -0.2) is 14.8 Å². The van der Waals surface area contributed by atoms with E-state index < -0.39 is 16.6 Å². The predicted octanol–water partition coefficient (Wildman–Crippen LogP) is -0.217. The first kappa shape index (κ1) is 8.22. The van der Waals surface area contributed by atoms with Crippen molar-refractivity contribution in [2.45, 2.75) is 13.8 Å². The van der Waals surface area contributed by atoms with Gasteiger partial charge in [-0.05, 0) is 0 Å². The van der Waals surface area contributed by atoms with Gasteiger partial charge in [-0.1, -0.05) is 4.81 Å². The molecule has 0 radical (unpaired) electrons. The number of nitrogens with zero attached hydrogens (tertiary/aromatic N) is 1. The van der Waals surface area contributed by atoms with Gasteiger partial charge in [0.25, 0.3) is 0 Å². The van der Waals surface area contributed by atoms with Gasteiger partial charge in [-0.3, -0.25) is 0 Å². The molecule has 5 heteroatoms. The second kappa shape index (κ2) is 2.22. The molecule has 0 saturated carbocycles. The summed E-state index contributed by atoms with van der Waals surface area (Å²) in [5.41, 5.74) is 0. The van der Waals surface area contributed by atoms with Crippen LogP contribution in [0.5, 0.6) is 0 Å². The summed E-state index contributed by atoms with van der Waals surface area (Å²) in [7, 11) is 0. The first-order chi connectivity index (χ1) is 3.89. The van der Waals surface area contributed by atoms with Crippen LogP contribution in [0.3, 0.4) is 0 Å². The summed E-state index contributed by atoms with van der Waals surface area (Å²) in [5, 5.41) is 18.6. The Hall–Kier alpha value is -0.780. The maximum Gasteiger partial charge on any atom is 0.350 e. The van der Waals surface area contributed by atoms with Crippen LogP contribution in [0.15, 0.2) is 0 Å². The summed E-state index contributed by atoms with van der Waals surface area (Å²) < 4.78 is 0. The van der Waals surface area contributed by atoms with Crippen molar-refractivity contribution in [2.75, 3.05) is 0 Å². The zero-order chi connectivity index (χ0) is 7.65. The highest BCUT2D eigenvalue weighted by atomic mass is 16.9. The highest BCUT2D eigenvalue weighted by Crippen LogP contribution is 1.98. The van der Waals surface area contributed by atoms with Gasteiger partial charge in [0.2, 0.25) is 0 Å². The average molecular weight is 133 g/mol. The number of hydroxylamine groups is 4. The largest absolute Gasteiger partial charge is 0.584 e. The van der Waals surface area contributed by atoms with Gasteiger partial charge in [0.1, 0.15) is 0 Å². The Balaban J connectivity index is 4.38. The number of rotatable bonds is 0. The summed E-state index contributed by atoms with van der Waals surface area (Å²) in [6.07, 6.45) is 0. The number of amides is 2. The van der Waals surface area contributed by atoms with E-state index in [0.29, 0.717) is 0 Å². The Kier molecular flexibility index (Phi) is 2.03. The first-order valence-electron chi connectivity index (χ1n) is 2.24. The molecular weight excluding hydrogens is 126 g/mol. The third-order valence-electron chi connectivity index (χ3n) is 0.854. The zero-order valence-corrected chi connectivity index (χ0v) is 5.12. The van der Waals surface area contributed by atoms with Gasteiger partial charge in [-0.2, -0.15) is 0 Å². The highest BCUT2D eigenvalue weighted by molar-refractivity contribution is 5.80. The number of hydrogen-bond donors (Lipinski definition) is 1. The van der Waals surface area contributed by atoms with Crippen molar-refractivity contribution < 1.29 is 19.6 Å². The molecule has 1 N–H and O–H groups in total. The molecule has 0 fully saturated rings. The molecule has 0 aromatic carbocycles. The molecule has 52 valence electrons. The van der Waals surface area contributed by atoms with Crippen LogP contribution >= 0.6 is 0 Å². The van der Waals surface area contributed by atoms with Crippen molar-refractivity contribution >= 4 is 11.8 Å². The van der Waals surface area contributed by atoms with Crippen molar-refractivity contribution in [3.05, 3.63) is 5.21 Å². The van der Waals surface area contributed by atoms with Crippen molar-refractivity contribution in [1.82, 2.24) is 0 Å². The van der Waals surface area contributed by atoms with E-state index >= 15 is 0 Å². The van der Waals surface area contributed by atoms with Gasteiger partial charge < -0.3 is 5.21 Å². The fraction of sp³-hybridized carbons (Fsp3) is 0.500. The number of quaternary nitrogens is 1. The molecular formula is C4H7NO4. The van der Waals surface area contributed by atoms with Gasteiger partial charge in [0.15, 0.2) is 0 Å². The third kappa shape index (κ3) is 1.56. The quantitative estimate of drug-likeness (QED) is 0.281. The molecule has 0 heterocycles. The SMILES string of the molecule is CC(=O)[N+]([O-])(O)C(C)=O. The van der Waals surface area contributed by atoms with E-state index in [9.17, 15) is 14.8 Å². The van der Waals surface area contributed by atoms with E-state index in [0.717, 1.165) is 13.8 Å². The maximum absolute atomic E-state index is 10.3. The van der Waals surface area contributed by atoms with Crippen molar-refractivity contribution in [1.29, 1.82) is 0 Å². The molecule has 0 aromatic heterocycles. The van der Waals surface area contributed by atoms with Crippen LogP contribution in [0.1, 0.15) is 13.8 Å². The van der Waals surface area contributed by atoms with Crippen LogP contribution in [0.4, 0.5) is 0 Å². The highest BCUT2D eigenvalue weighted by Gasteiger charge is 2.26. The first-order valence-corrected chi connectivity index (χ1v) is 2.24. The van der Waals surface area contributed by atoms with Crippen LogP contribution in [-0.4, -0.2) is 21.8 Å². The number of imide groups is 1. The zero-order valence-electron chi connectivity index (χ0n) is 5.12. The topological polar surface area (TPSA) is 77.4 Å². The summed E-state index contributed by atoms with van der Waals surface area (Å²) in [6.45, 7) is 1.68. The number of carbonyl (C=O) groups is 2. The van der Waals surface area contributed by atoms with Crippen molar-refractivity contribution in [2.24, 2.45) is 0 Å². The Labute approximate surface area is 51.6 Å². The lowest BCUT2D eigenvalue weighted by Crippen LogP contribution is -2.46. The molecule has 0 spiro atoms. The van der Waals surface area contributed by atoms with Crippen LogP contribution in [0, 0.1) is 5.21 Å². The van der Waals surface area contributed by atoms with Crippen LogP contribution in [-0.2, 0) is 9.59 Å². The monoisotopic (exact) mass is 133 g/mol. The summed E-state index contributed by atoms with van der Waals surface area (Å²) >= 11 is 0. The lowest BCUT2D eigenvalue weighted by atomic mass is 10.6. The summed E-state index contributed by atoms with van der Waals surface area (Å²) in [6, 6.07) is 0. The number of carbonyl (C=O) groups excluding carboxylic acids is 2. The van der Waals surface area contributed by atoms with E-state index in [2.05, 4.69) is 0 Å². The molecule has 0 aliphatic carbocycles. The summed E-state index contributed by atoms with van der Waals surface area (Å²) in [5.74, 6) is -2.27. The van der Waals surface area contributed by atoms with Crippen molar-refractivity contribution in [3.63, 3.8) is 0 Å². The van der Waals surface area contributed by atoms with Gasteiger partial charge >= 0.3 is 11.8 Å². The molecule has 0 atom stereocenters. The normalized spacial score (nSPS) is 11.1. The fourth-order valence-electron chi connectivity index (χ4n) is 0.222. The minimum atomic E-state index is -2.42. The second-order valence-electron chi connectivity index (χ2n) is 1.61. The smallest absolute Gasteiger partial charge is 0.350 e. The minimum Gasteiger partial charge on any atom is -0.584 e. The summed E-state index contributed by atoms with van der Waals surface area (Å²) in [4.78, 5) is 17.8. The Morgan fingerprint density at radius 2 is 1.56 bits per heavy atom. The predicted molar refractivity (Wildman–Crippen MR) is 26.8 cm³/mol. The average Bonchev–Trinajstić information content (AvgIpc) is 1.65. The molecule has 0 bridgehead atoms. The maximum atomic E-state index is 10.3. The van der Waals surface area contributed by atoms with Crippen LogP contribution in [0.2, 0.25) is 0 Å². The molecule has 0 aromatic rings. The molecule has 2 amide bonds. The van der Waals surface area contributed by atoms with E-state index in [1.54, 1.807) is 0 Å². The standard InChI is InChI=1S/C4H7NO4/c1-3(6)5(8,9)4(2)7/h8H,1-2H3. The van der Waals surface area contributed by atoms with E-state index in [1.165, 1.54) is 0 Å². The molecule has 0 aliphatic heterocycles. The van der Waals surface area contributed by atoms with E-state index in [-0.39, 0.29) is 0 Å². The third-order valence-corrected chi connectivity index (χ3v) is 0.854. The van der Waals surface area contributed by atoms with Gasteiger partial charge in [-0.15, -0.1) is 0 Å². The molecule has 0 rings (SSSR count). The molecule has 5 nitrogen and oxygen atoms in total. The van der Waals surface area contributed by atoms with Crippen LogP contribution < -0.4 is 0 Å². The minimum absolute atomic E-state index is 0.842. The Morgan fingerprint density at radius 1 is 1.33 bits per heavy atom. The Morgan fingerprint density at radius 3 is 1.56 bits per heavy atom. The molecule has 0 aliphatic rings. The fourth-order valence-corrected chi connectivity index (χ4v) is 0.222. The number of hydrogen-bond acceptors (Lipinski definition) is 4. The lowest BCUT2D eigenvalue weighted by Gasteiger charge is -2.24. The van der Waals surface area contributed by atoms with Crippen LogP contribution in [0.25, 0.3) is 0 Å². The van der Waals surface area contributed by atoms with Gasteiger partial charge in [0.05, 0.1) is 13.8 Å². The Bertz CT molecular complexity index is 135. The molecule has 9 heavy (non-hydrogen) atoms. The van der Waals surface area contributed by atoms with Gasteiger partial charge in [0, 0.05) is 0 Å². The second-order valence-corrected chi connectivity index (χ2v) is 1.61. The van der Waals surface area contributed by atoms with E-state index in [4.69, 9.17) is 5.21 Å². The molecule has 0 unspecified atom stereocenters. The molecule has 0 saturated heterocycles. The lowest BCUT2D eigenvalue weighted by molar-refractivity contribution is -0.932. The van der Waals surface area contributed by atoms with Crippen molar-refractivity contribution in [3.8, 4) is 0 Å². The van der Waals surface area contributed by atoms with E-state index in [1.807, 2.05) is 0 Å².